The highest BCUT2D eigenvalue weighted by Crippen LogP contribution is 2.30. The van der Waals surface area contributed by atoms with Crippen molar-refractivity contribution in [1.82, 2.24) is 0 Å². The van der Waals surface area contributed by atoms with Crippen LogP contribution in [0.15, 0.2) is 52.9 Å². The van der Waals surface area contributed by atoms with Crippen LogP contribution in [-0.4, -0.2) is 11.8 Å². The molecule has 0 radical (unpaired) electrons. The quantitative estimate of drug-likeness (QED) is 0.745. The topological polar surface area (TPSA) is 71.3 Å². The van der Waals surface area contributed by atoms with Gasteiger partial charge in [0, 0.05) is 28.2 Å². The van der Waals surface area contributed by atoms with Crippen LogP contribution >= 0.6 is 0 Å². The van der Waals surface area contributed by atoms with Crippen LogP contribution < -0.4 is 10.6 Å². The third-order valence-electron chi connectivity index (χ3n) is 4.39. The van der Waals surface area contributed by atoms with Crippen molar-refractivity contribution in [1.29, 1.82) is 0 Å². The maximum Gasteiger partial charge on any atom is 0.291 e. The second-order valence-corrected chi connectivity index (χ2v) is 6.35. The summed E-state index contributed by atoms with van der Waals surface area (Å²) >= 11 is 0. The standard InChI is InChI=1S/C20H18N2O3/c1-12-16-7-2-3-8-17(16)25-18(12)20(24)22-15-6-4-5-14(11-15)21-19(23)13-9-10-13/h2-8,11,13H,9-10H2,1H3,(H,21,23)(H,22,24). The van der Waals surface area contributed by atoms with Gasteiger partial charge in [0.1, 0.15) is 5.58 Å². The molecular formula is C20H18N2O3. The molecule has 25 heavy (non-hydrogen) atoms. The predicted molar refractivity (Wildman–Crippen MR) is 96.7 cm³/mol. The number of benzene rings is 2. The first kappa shape index (κ1) is 15.4. The normalized spacial score (nSPS) is 13.6. The number of anilines is 2. The molecule has 1 saturated carbocycles. The van der Waals surface area contributed by atoms with Crippen LogP contribution in [0.5, 0.6) is 0 Å². The molecule has 1 aliphatic carbocycles. The summed E-state index contributed by atoms with van der Waals surface area (Å²) in [5, 5.41) is 6.64. The average Bonchev–Trinajstić information content (AvgIpc) is 3.40. The first-order valence-electron chi connectivity index (χ1n) is 8.32. The number of rotatable bonds is 4. The number of furan rings is 1. The monoisotopic (exact) mass is 334 g/mol. The SMILES string of the molecule is Cc1c(C(=O)Nc2cccc(NC(=O)C3CC3)c2)oc2ccccc12. The van der Waals surface area contributed by atoms with Crippen molar-refractivity contribution in [2.24, 2.45) is 5.92 Å². The maximum absolute atomic E-state index is 12.6. The smallest absolute Gasteiger partial charge is 0.291 e. The van der Waals surface area contributed by atoms with Crippen LogP contribution in [0, 0.1) is 12.8 Å². The second-order valence-electron chi connectivity index (χ2n) is 6.35. The summed E-state index contributed by atoms with van der Waals surface area (Å²) in [6.07, 6.45) is 1.90. The molecule has 1 aliphatic rings. The van der Waals surface area contributed by atoms with Gasteiger partial charge in [-0.05, 0) is 44.0 Å². The van der Waals surface area contributed by atoms with Gasteiger partial charge < -0.3 is 15.1 Å². The van der Waals surface area contributed by atoms with E-state index >= 15 is 0 Å². The van der Waals surface area contributed by atoms with Crippen molar-refractivity contribution in [2.45, 2.75) is 19.8 Å². The van der Waals surface area contributed by atoms with Crippen LogP contribution in [-0.2, 0) is 4.79 Å². The molecular weight excluding hydrogens is 316 g/mol. The van der Waals surface area contributed by atoms with Gasteiger partial charge >= 0.3 is 0 Å². The lowest BCUT2D eigenvalue weighted by Gasteiger charge is -2.08. The number of amides is 2. The van der Waals surface area contributed by atoms with Gasteiger partial charge in [0.2, 0.25) is 5.91 Å². The molecule has 2 N–H and O–H groups in total. The molecule has 5 heteroatoms. The summed E-state index contributed by atoms with van der Waals surface area (Å²) in [6.45, 7) is 1.87. The summed E-state index contributed by atoms with van der Waals surface area (Å²) in [6, 6.07) is 14.7. The molecule has 3 aromatic rings. The van der Waals surface area contributed by atoms with Crippen LogP contribution in [0.1, 0.15) is 29.0 Å². The van der Waals surface area contributed by atoms with Gasteiger partial charge in [0.15, 0.2) is 5.76 Å². The van der Waals surface area contributed by atoms with Gasteiger partial charge in [-0.3, -0.25) is 9.59 Å². The first-order valence-corrected chi connectivity index (χ1v) is 8.32. The van der Waals surface area contributed by atoms with Gasteiger partial charge in [-0.1, -0.05) is 24.3 Å². The Hall–Kier alpha value is -3.08. The van der Waals surface area contributed by atoms with Gasteiger partial charge in [-0.15, -0.1) is 0 Å². The van der Waals surface area contributed by atoms with Crippen molar-refractivity contribution in [3.63, 3.8) is 0 Å². The van der Waals surface area contributed by atoms with E-state index in [0.29, 0.717) is 22.7 Å². The molecule has 1 aromatic heterocycles. The molecule has 0 spiro atoms. The van der Waals surface area contributed by atoms with Crippen LogP contribution in [0.25, 0.3) is 11.0 Å². The molecule has 1 fully saturated rings. The molecule has 4 rings (SSSR count). The Balaban J connectivity index is 1.53. The van der Waals surface area contributed by atoms with E-state index in [1.807, 2.05) is 37.3 Å². The Morgan fingerprint density at radius 2 is 1.72 bits per heavy atom. The van der Waals surface area contributed by atoms with Crippen molar-refractivity contribution < 1.29 is 14.0 Å². The highest BCUT2D eigenvalue weighted by molar-refractivity contribution is 6.06. The molecule has 0 unspecified atom stereocenters. The van der Waals surface area contributed by atoms with E-state index in [1.54, 1.807) is 18.2 Å². The largest absolute Gasteiger partial charge is 0.451 e. The van der Waals surface area contributed by atoms with E-state index in [4.69, 9.17) is 4.42 Å². The fourth-order valence-electron chi connectivity index (χ4n) is 2.84. The van der Waals surface area contributed by atoms with Crippen molar-refractivity contribution in [2.75, 3.05) is 10.6 Å². The fourth-order valence-corrected chi connectivity index (χ4v) is 2.84. The minimum atomic E-state index is -0.306. The summed E-state index contributed by atoms with van der Waals surface area (Å²) in [4.78, 5) is 24.4. The van der Waals surface area contributed by atoms with Crippen LogP contribution in [0.3, 0.4) is 0 Å². The molecule has 2 aromatic carbocycles. The highest BCUT2D eigenvalue weighted by atomic mass is 16.3. The van der Waals surface area contributed by atoms with Gasteiger partial charge in [-0.25, -0.2) is 0 Å². The second kappa shape index (κ2) is 6.09. The Morgan fingerprint density at radius 1 is 1.00 bits per heavy atom. The van der Waals surface area contributed by atoms with E-state index in [-0.39, 0.29) is 17.7 Å². The minimum Gasteiger partial charge on any atom is -0.451 e. The number of para-hydroxylation sites is 1. The zero-order valence-corrected chi connectivity index (χ0v) is 13.8. The number of carbonyl (C=O) groups is 2. The molecule has 5 nitrogen and oxygen atoms in total. The number of carbonyl (C=O) groups excluding carboxylic acids is 2. The molecule has 0 aliphatic heterocycles. The van der Waals surface area contributed by atoms with E-state index in [2.05, 4.69) is 10.6 Å². The van der Waals surface area contributed by atoms with Gasteiger partial charge in [-0.2, -0.15) is 0 Å². The molecule has 0 atom stereocenters. The molecule has 0 saturated heterocycles. The molecule has 0 bridgehead atoms. The summed E-state index contributed by atoms with van der Waals surface area (Å²) in [5.74, 6) is 0.168. The third kappa shape index (κ3) is 3.13. The number of nitrogens with one attached hydrogen (secondary N) is 2. The lowest BCUT2D eigenvalue weighted by molar-refractivity contribution is -0.117. The van der Waals surface area contributed by atoms with E-state index < -0.39 is 0 Å². The lowest BCUT2D eigenvalue weighted by Crippen LogP contribution is -2.15. The zero-order valence-electron chi connectivity index (χ0n) is 13.8. The molecule has 1 heterocycles. The van der Waals surface area contributed by atoms with E-state index in [9.17, 15) is 9.59 Å². The Kier molecular flexibility index (Phi) is 3.76. The minimum absolute atomic E-state index is 0.0385. The summed E-state index contributed by atoms with van der Waals surface area (Å²) in [5.41, 5.74) is 2.79. The average molecular weight is 334 g/mol. The predicted octanol–water partition coefficient (Wildman–Crippen LogP) is 4.34. The first-order chi connectivity index (χ1) is 12.1. The highest BCUT2D eigenvalue weighted by Gasteiger charge is 2.29. The van der Waals surface area contributed by atoms with Crippen molar-refractivity contribution >= 4 is 34.2 Å². The number of aryl methyl sites for hydroxylation is 1. The number of hydrogen-bond donors (Lipinski definition) is 2. The third-order valence-corrected chi connectivity index (χ3v) is 4.39. The van der Waals surface area contributed by atoms with Gasteiger partial charge in [0.05, 0.1) is 0 Å². The molecule has 126 valence electrons. The van der Waals surface area contributed by atoms with E-state index in [1.165, 1.54) is 0 Å². The van der Waals surface area contributed by atoms with Crippen molar-refractivity contribution in [3.05, 3.63) is 59.9 Å². The van der Waals surface area contributed by atoms with Crippen LogP contribution in [0.2, 0.25) is 0 Å². The number of fused-ring (bicyclic) bond motifs is 1. The van der Waals surface area contributed by atoms with Gasteiger partial charge in [0.25, 0.3) is 5.91 Å². The van der Waals surface area contributed by atoms with Crippen LogP contribution in [0.4, 0.5) is 11.4 Å². The molecule has 2 amide bonds. The summed E-state index contributed by atoms with van der Waals surface area (Å²) < 4.78 is 5.69. The maximum atomic E-state index is 12.6. The Labute approximate surface area is 145 Å². The lowest BCUT2D eigenvalue weighted by atomic mass is 10.1. The Bertz CT molecular complexity index is 970. The number of hydrogen-bond acceptors (Lipinski definition) is 3. The summed E-state index contributed by atoms with van der Waals surface area (Å²) in [7, 11) is 0. The van der Waals surface area contributed by atoms with E-state index in [0.717, 1.165) is 23.8 Å². The fraction of sp³-hybridized carbons (Fsp3) is 0.200. The zero-order chi connectivity index (χ0) is 17.4. The Morgan fingerprint density at radius 3 is 2.44 bits per heavy atom. The van der Waals surface area contributed by atoms with Crippen molar-refractivity contribution in [3.8, 4) is 0 Å².